The van der Waals surface area contributed by atoms with Gasteiger partial charge in [-0.1, -0.05) is 12.1 Å². The predicted molar refractivity (Wildman–Crippen MR) is 107 cm³/mol. The lowest BCUT2D eigenvalue weighted by Gasteiger charge is -2.05. The first kappa shape index (κ1) is 17.7. The van der Waals surface area contributed by atoms with Crippen LogP contribution < -0.4 is 10.9 Å². The van der Waals surface area contributed by atoms with Gasteiger partial charge >= 0.3 is 0 Å². The Balaban J connectivity index is 1.42. The second kappa shape index (κ2) is 7.48. The highest BCUT2D eigenvalue weighted by Crippen LogP contribution is 2.16. The monoisotopic (exact) mass is 373 g/mol. The van der Waals surface area contributed by atoms with Crippen molar-refractivity contribution in [1.82, 2.24) is 25.3 Å². The van der Waals surface area contributed by atoms with Crippen LogP contribution in [0.15, 0.2) is 59.7 Å². The molecule has 3 N–H and O–H groups in total. The maximum Gasteiger partial charge on any atom is 0.261 e. The van der Waals surface area contributed by atoms with E-state index in [1.54, 1.807) is 30.6 Å². The van der Waals surface area contributed by atoms with Crippen molar-refractivity contribution in [3.63, 3.8) is 0 Å². The maximum absolute atomic E-state index is 12.4. The molecule has 1 aromatic carbocycles. The lowest BCUT2D eigenvalue weighted by atomic mass is 10.1. The lowest BCUT2D eigenvalue weighted by molar-refractivity contribution is 0.0952. The molecule has 0 radical (unpaired) electrons. The van der Waals surface area contributed by atoms with Gasteiger partial charge in [0.25, 0.3) is 11.5 Å². The molecule has 7 nitrogen and oxygen atoms in total. The lowest BCUT2D eigenvalue weighted by Crippen LogP contribution is -2.31. The van der Waals surface area contributed by atoms with E-state index in [2.05, 4.69) is 25.3 Å². The molecule has 3 heterocycles. The Bertz CT molecular complexity index is 1190. The Hall–Kier alpha value is -3.74. The fourth-order valence-electron chi connectivity index (χ4n) is 3.09. The molecule has 0 atom stereocenters. The summed E-state index contributed by atoms with van der Waals surface area (Å²) < 4.78 is 0. The zero-order chi connectivity index (χ0) is 19.5. The van der Waals surface area contributed by atoms with E-state index in [-0.39, 0.29) is 5.56 Å². The van der Waals surface area contributed by atoms with Crippen LogP contribution in [-0.4, -0.2) is 32.4 Å². The van der Waals surface area contributed by atoms with Crippen LogP contribution in [0.25, 0.3) is 22.3 Å². The molecule has 0 spiro atoms. The van der Waals surface area contributed by atoms with Gasteiger partial charge < -0.3 is 15.3 Å². The molecule has 0 aliphatic rings. The van der Waals surface area contributed by atoms with E-state index in [0.717, 1.165) is 28.0 Å². The number of aromatic amines is 2. The van der Waals surface area contributed by atoms with E-state index in [0.29, 0.717) is 18.7 Å². The molecule has 0 saturated heterocycles. The molecule has 140 valence electrons. The highest BCUT2D eigenvalue weighted by Gasteiger charge is 2.12. The number of carbonyl (C=O) groups is 1. The van der Waals surface area contributed by atoms with Gasteiger partial charge in [-0.3, -0.25) is 14.6 Å². The minimum atomic E-state index is -0.425. The number of nitrogens with zero attached hydrogens (tertiary/aromatic N) is 2. The molecule has 7 heteroatoms. The molecule has 0 bridgehead atoms. The topological polar surface area (TPSA) is 104 Å². The van der Waals surface area contributed by atoms with Crippen molar-refractivity contribution in [2.24, 2.45) is 0 Å². The number of pyridine rings is 2. The molecule has 4 aromatic rings. The molecule has 0 saturated carbocycles. The number of benzene rings is 1. The van der Waals surface area contributed by atoms with Crippen LogP contribution in [0.1, 0.15) is 21.7 Å². The average Bonchev–Trinajstić information content (AvgIpc) is 3.13. The molecule has 0 aliphatic heterocycles. The SMILES string of the molecule is Cc1cccc2[nH]c(CCNC(=O)c3ccc(-c4ccncc4)[nH]c3=O)nc12. The van der Waals surface area contributed by atoms with Crippen LogP contribution in [0.2, 0.25) is 0 Å². The summed E-state index contributed by atoms with van der Waals surface area (Å²) >= 11 is 0. The van der Waals surface area contributed by atoms with Crippen molar-refractivity contribution in [2.75, 3.05) is 6.54 Å². The smallest absolute Gasteiger partial charge is 0.261 e. The van der Waals surface area contributed by atoms with Gasteiger partial charge in [-0.05, 0) is 42.8 Å². The van der Waals surface area contributed by atoms with Crippen molar-refractivity contribution >= 4 is 16.9 Å². The molecule has 1 amide bonds. The Labute approximate surface area is 160 Å². The molecule has 0 unspecified atom stereocenters. The number of para-hydroxylation sites is 1. The van der Waals surface area contributed by atoms with E-state index in [9.17, 15) is 9.59 Å². The summed E-state index contributed by atoms with van der Waals surface area (Å²) in [6, 6.07) is 12.8. The van der Waals surface area contributed by atoms with Crippen molar-refractivity contribution in [3.8, 4) is 11.3 Å². The second-order valence-electron chi connectivity index (χ2n) is 6.51. The van der Waals surface area contributed by atoms with Gasteiger partial charge in [0.05, 0.1) is 11.0 Å². The molecular formula is C21H19N5O2. The maximum atomic E-state index is 12.4. The number of aromatic nitrogens is 4. The number of hydrogen-bond donors (Lipinski definition) is 3. The van der Waals surface area contributed by atoms with E-state index in [4.69, 9.17) is 0 Å². The number of H-pyrrole nitrogens is 2. The van der Waals surface area contributed by atoms with Crippen molar-refractivity contribution in [3.05, 3.63) is 82.2 Å². The van der Waals surface area contributed by atoms with Crippen LogP contribution in [0, 0.1) is 6.92 Å². The number of rotatable bonds is 5. The van der Waals surface area contributed by atoms with E-state index in [1.165, 1.54) is 6.07 Å². The standard InChI is InChI=1S/C21H19N5O2/c1-13-3-2-4-17-19(13)26-18(24-17)9-12-23-20(27)15-5-6-16(25-21(15)28)14-7-10-22-11-8-14/h2-8,10-11H,9,12H2,1H3,(H,23,27)(H,24,26)(H,25,28). The van der Waals surface area contributed by atoms with E-state index >= 15 is 0 Å². The Morgan fingerprint density at radius 2 is 1.89 bits per heavy atom. The Kier molecular flexibility index (Phi) is 4.72. The summed E-state index contributed by atoms with van der Waals surface area (Å²) in [7, 11) is 0. The number of hydrogen-bond acceptors (Lipinski definition) is 4. The Morgan fingerprint density at radius 1 is 1.07 bits per heavy atom. The summed E-state index contributed by atoms with van der Waals surface area (Å²) in [5.74, 6) is 0.390. The molecule has 0 fully saturated rings. The van der Waals surface area contributed by atoms with Crippen LogP contribution in [0.3, 0.4) is 0 Å². The fraction of sp³-hybridized carbons (Fsp3) is 0.143. The normalized spacial score (nSPS) is 10.9. The van der Waals surface area contributed by atoms with Gasteiger partial charge in [0.1, 0.15) is 11.4 Å². The van der Waals surface area contributed by atoms with Gasteiger partial charge in [-0.25, -0.2) is 4.98 Å². The number of nitrogens with one attached hydrogen (secondary N) is 3. The zero-order valence-electron chi connectivity index (χ0n) is 15.3. The van der Waals surface area contributed by atoms with Gasteiger partial charge in [-0.2, -0.15) is 0 Å². The first-order valence-corrected chi connectivity index (χ1v) is 8.98. The predicted octanol–water partition coefficient (Wildman–Crippen LogP) is 2.59. The third-order valence-electron chi connectivity index (χ3n) is 4.56. The largest absolute Gasteiger partial charge is 0.351 e. The highest BCUT2D eigenvalue weighted by molar-refractivity contribution is 5.94. The van der Waals surface area contributed by atoms with Gasteiger partial charge in [0.2, 0.25) is 0 Å². The second-order valence-corrected chi connectivity index (χ2v) is 6.51. The van der Waals surface area contributed by atoms with Crippen molar-refractivity contribution in [1.29, 1.82) is 0 Å². The van der Waals surface area contributed by atoms with Gasteiger partial charge in [0, 0.05) is 36.6 Å². The Morgan fingerprint density at radius 3 is 2.64 bits per heavy atom. The van der Waals surface area contributed by atoms with E-state index in [1.807, 2.05) is 25.1 Å². The van der Waals surface area contributed by atoms with E-state index < -0.39 is 11.5 Å². The first-order chi connectivity index (χ1) is 13.6. The molecule has 4 rings (SSSR count). The minimum Gasteiger partial charge on any atom is -0.351 e. The summed E-state index contributed by atoms with van der Waals surface area (Å²) in [6.07, 6.45) is 3.84. The summed E-state index contributed by atoms with van der Waals surface area (Å²) in [5, 5.41) is 2.78. The summed E-state index contributed by atoms with van der Waals surface area (Å²) in [5.41, 5.74) is 4.14. The molecular weight excluding hydrogens is 354 g/mol. The van der Waals surface area contributed by atoms with Crippen LogP contribution in [0.5, 0.6) is 0 Å². The van der Waals surface area contributed by atoms with Gasteiger partial charge in [0.15, 0.2) is 0 Å². The highest BCUT2D eigenvalue weighted by atomic mass is 16.2. The van der Waals surface area contributed by atoms with Crippen molar-refractivity contribution < 1.29 is 4.79 Å². The summed E-state index contributed by atoms with van der Waals surface area (Å²) in [4.78, 5) is 39.2. The third-order valence-corrected chi connectivity index (χ3v) is 4.56. The zero-order valence-corrected chi connectivity index (χ0v) is 15.3. The first-order valence-electron chi connectivity index (χ1n) is 8.98. The molecule has 28 heavy (non-hydrogen) atoms. The molecule has 3 aromatic heterocycles. The van der Waals surface area contributed by atoms with Crippen LogP contribution in [-0.2, 0) is 6.42 Å². The summed E-state index contributed by atoms with van der Waals surface area (Å²) in [6.45, 7) is 2.39. The van der Waals surface area contributed by atoms with Gasteiger partial charge in [-0.15, -0.1) is 0 Å². The number of aryl methyl sites for hydroxylation is 1. The van der Waals surface area contributed by atoms with Crippen molar-refractivity contribution in [2.45, 2.75) is 13.3 Å². The van der Waals surface area contributed by atoms with Crippen LogP contribution in [0.4, 0.5) is 0 Å². The fourth-order valence-corrected chi connectivity index (χ4v) is 3.09. The number of carbonyl (C=O) groups excluding carboxylic acids is 1. The number of fused-ring (bicyclic) bond motifs is 1. The van der Waals surface area contributed by atoms with Crippen LogP contribution >= 0.6 is 0 Å². The molecule has 0 aliphatic carbocycles. The third kappa shape index (κ3) is 3.55. The number of imidazole rings is 1. The quantitative estimate of drug-likeness (QED) is 0.500. The minimum absolute atomic E-state index is 0.0817. The average molecular weight is 373 g/mol. The number of amides is 1.